The molecule has 0 aliphatic carbocycles. The molecule has 0 bridgehead atoms. The maximum atomic E-state index is 12.5. The molecule has 2 rings (SSSR count). The van der Waals surface area contributed by atoms with E-state index in [9.17, 15) is 9.59 Å². The lowest BCUT2D eigenvalue weighted by Crippen LogP contribution is -2.25. The van der Waals surface area contributed by atoms with Gasteiger partial charge >= 0.3 is 0 Å². The summed E-state index contributed by atoms with van der Waals surface area (Å²) < 4.78 is 1.10. The summed E-state index contributed by atoms with van der Waals surface area (Å²) in [6, 6.07) is 14.1. The lowest BCUT2D eigenvalue weighted by atomic mass is 10.0. The summed E-state index contributed by atoms with van der Waals surface area (Å²) in [4.78, 5) is 24.6. The van der Waals surface area contributed by atoms with Crippen LogP contribution in [0.5, 0.6) is 0 Å². The molecule has 0 aromatic heterocycles. The van der Waals surface area contributed by atoms with Gasteiger partial charge in [0.15, 0.2) is 5.78 Å². The predicted octanol–water partition coefficient (Wildman–Crippen LogP) is 3.87. The summed E-state index contributed by atoms with van der Waals surface area (Å²) in [6.07, 6.45) is 1.41. The number of hydrogen-bond acceptors (Lipinski definition) is 3. The molecule has 1 amide bonds. The second-order valence-electron chi connectivity index (χ2n) is 4.63. The summed E-state index contributed by atoms with van der Waals surface area (Å²) in [7, 11) is 1.48. The lowest BCUT2D eigenvalue weighted by Gasteiger charge is -2.08. The maximum Gasteiger partial charge on any atom is 0.256 e. The van der Waals surface area contributed by atoms with E-state index in [1.165, 1.54) is 19.3 Å². The van der Waals surface area contributed by atoms with Crippen molar-refractivity contribution < 1.29 is 9.59 Å². The molecule has 2 N–H and O–H groups in total. The molecule has 0 unspecified atom stereocenters. The Bertz CT molecular complexity index is 757. The Morgan fingerprint density at radius 3 is 2.43 bits per heavy atom. The normalized spacial score (nSPS) is 11.0. The molecular weight excluding hydrogens is 427 g/mol. The first-order valence-electron chi connectivity index (χ1n) is 6.76. The number of Topliss-reactive ketones (excluding diaryl/α,β-unsaturated/α-hetero) is 1. The zero-order valence-corrected chi connectivity index (χ0v) is 15.2. The van der Waals surface area contributed by atoms with Gasteiger partial charge in [-0.3, -0.25) is 9.59 Å². The molecular formula is C17H14ClIN2O2. The number of likely N-dealkylation sites (N-methyl/N-ethyl adjacent to an activating group) is 1. The summed E-state index contributed by atoms with van der Waals surface area (Å²) >= 11 is 8.11. The Balaban J connectivity index is 2.29. The summed E-state index contributed by atoms with van der Waals surface area (Å²) in [6.45, 7) is 0. The second kappa shape index (κ2) is 8.12. The van der Waals surface area contributed by atoms with Crippen LogP contribution in [-0.4, -0.2) is 18.7 Å². The van der Waals surface area contributed by atoms with Gasteiger partial charge < -0.3 is 10.6 Å². The third kappa shape index (κ3) is 4.80. The first kappa shape index (κ1) is 17.5. The molecule has 0 spiro atoms. The van der Waals surface area contributed by atoms with Crippen molar-refractivity contribution in [3.63, 3.8) is 0 Å². The number of ketones is 1. The molecule has 4 nitrogen and oxygen atoms in total. The molecule has 118 valence electrons. The lowest BCUT2D eigenvalue weighted by molar-refractivity contribution is -0.116. The smallest absolute Gasteiger partial charge is 0.256 e. The molecule has 2 aromatic carbocycles. The summed E-state index contributed by atoms with van der Waals surface area (Å²) in [5.74, 6) is -0.863. The Hall–Kier alpha value is -1.86. The van der Waals surface area contributed by atoms with E-state index in [0.29, 0.717) is 10.6 Å². The van der Waals surface area contributed by atoms with E-state index in [4.69, 9.17) is 11.6 Å². The average Bonchev–Trinajstić information content (AvgIpc) is 2.56. The van der Waals surface area contributed by atoms with Crippen molar-refractivity contribution in [1.82, 2.24) is 5.32 Å². The minimum absolute atomic E-state index is 0.00770. The van der Waals surface area contributed by atoms with Crippen LogP contribution in [0.4, 0.5) is 5.69 Å². The van der Waals surface area contributed by atoms with Gasteiger partial charge in [0.1, 0.15) is 5.57 Å². The van der Waals surface area contributed by atoms with Gasteiger partial charge in [-0.05, 0) is 59.0 Å². The van der Waals surface area contributed by atoms with Crippen molar-refractivity contribution in [2.75, 3.05) is 12.4 Å². The quantitative estimate of drug-likeness (QED) is 0.244. The fraction of sp³-hybridized carbons (Fsp3) is 0.0588. The number of amides is 1. The van der Waals surface area contributed by atoms with Crippen molar-refractivity contribution in [3.05, 3.63) is 74.5 Å². The fourth-order valence-electron chi connectivity index (χ4n) is 1.86. The average molecular weight is 441 g/mol. The fourth-order valence-corrected chi connectivity index (χ4v) is 2.41. The highest BCUT2D eigenvalue weighted by Gasteiger charge is 2.19. The highest BCUT2D eigenvalue weighted by molar-refractivity contribution is 14.1. The third-order valence-electron chi connectivity index (χ3n) is 3.03. The zero-order valence-electron chi connectivity index (χ0n) is 12.3. The van der Waals surface area contributed by atoms with Crippen LogP contribution in [0.2, 0.25) is 5.02 Å². The monoisotopic (exact) mass is 440 g/mol. The van der Waals surface area contributed by atoms with Crippen molar-refractivity contribution in [2.24, 2.45) is 0 Å². The van der Waals surface area contributed by atoms with Crippen LogP contribution in [0.25, 0.3) is 0 Å². The molecule has 0 fully saturated rings. The van der Waals surface area contributed by atoms with E-state index in [1.54, 1.807) is 18.2 Å². The molecule has 0 aliphatic rings. The van der Waals surface area contributed by atoms with E-state index >= 15 is 0 Å². The van der Waals surface area contributed by atoms with Crippen LogP contribution in [-0.2, 0) is 4.79 Å². The van der Waals surface area contributed by atoms with Crippen LogP contribution >= 0.6 is 34.2 Å². The summed E-state index contributed by atoms with van der Waals surface area (Å²) in [5.41, 5.74) is 1.15. The molecule has 0 atom stereocenters. The van der Waals surface area contributed by atoms with E-state index in [1.807, 2.05) is 24.3 Å². The number of hydrogen-bond donors (Lipinski definition) is 2. The second-order valence-corrected chi connectivity index (χ2v) is 6.31. The molecule has 0 heterocycles. The van der Waals surface area contributed by atoms with Crippen LogP contribution in [0.15, 0.2) is 60.3 Å². The number of carbonyl (C=O) groups is 2. The Morgan fingerprint density at radius 1 is 1.13 bits per heavy atom. The van der Waals surface area contributed by atoms with E-state index in [2.05, 4.69) is 33.2 Å². The van der Waals surface area contributed by atoms with Crippen molar-refractivity contribution >= 4 is 51.6 Å². The number of halogens is 2. The summed E-state index contributed by atoms with van der Waals surface area (Å²) in [5, 5.41) is 5.89. The van der Waals surface area contributed by atoms with Gasteiger partial charge in [-0.25, -0.2) is 0 Å². The first-order valence-corrected chi connectivity index (χ1v) is 8.21. The van der Waals surface area contributed by atoms with Crippen molar-refractivity contribution in [2.45, 2.75) is 0 Å². The van der Waals surface area contributed by atoms with Crippen LogP contribution in [0.1, 0.15) is 10.4 Å². The number of carbonyl (C=O) groups excluding carboxylic acids is 2. The highest BCUT2D eigenvalue weighted by Crippen LogP contribution is 2.16. The third-order valence-corrected chi connectivity index (χ3v) is 3.98. The minimum atomic E-state index is -0.465. The topological polar surface area (TPSA) is 58.2 Å². The Morgan fingerprint density at radius 2 is 1.83 bits per heavy atom. The van der Waals surface area contributed by atoms with Crippen LogP contribution in [0.3, 0.4) is 0 Å². The number of benzene rings is 2. The number of anilines is 1. The molecule has 2 aromatic rings. The van der Waals surface area contributed by atoms with Gasteiger partial charge in [-0.2, -0.15) is 0 Å². The van der Waals surface area contributed by atoms with Crippen LogP contribution in [0, 0.1) is 3.57 Å². The van der Waals surface area contributed by atoms with Gasteiger partial charge in [-0.1, -0.05) is 23.7 Å². The first-order chi connectivity index (χ1) is 11.0. The maximum absolute atomic E-state index is 12.5. The standard InChI is InChI=1S/C17H14ClIN2O2/c1-20-17(23)15(10-21-14-7-5-13(19)6-8-14)16(22)11-3-2-4-12(18)9-11/h2-10,21H,1H3,(H,20,23). The molecule has 6 heteroatoms. The van der Waals surface area contributed by atoms with Crippen molar-refractivity contribution in [3.8, 4) is 0 Å². The number of nitrogens with one attached hydrogen (secondary N) is 2. The van der Waals surface area contributed by atoms with E-state index in [-0.39, 0.29) is 5.57 Å². The van der Waals surface area contributed by atoms with E-state index < -0.39 is 11.7 Å². The van der Waals surface area contributed by atoms with Gasteiger partial charge in [0.25, 0.3) is 5.91 Å². The largest absolute Gasteiger partial charge is 0.361 e. The van der Waals surface area contributed by atoms with Gasteiger partial charge in [0.05, 0.1) is 0 Å². The molecule has 0 saturated heterocycles. The minimum Gasteiger partial charge on any atom is -0.361 e. The van der Waals surface area contributed by atoms with E-state index in [0.717, 1.165) is 9.26 Å². The van der Waals surface area contributed by atoms with Gasteiger partial charge in [-0.15, -0.1) is 0 Å². The molecule has 0 saturated carbocycles. The Kier molecular flexibility index (Phi) is 6.18. The van der Waals surface area contributed by atoms with Crippen LogP contribution < -0.4 is 10.6 Å². The van der Waals surface area contributed by atoms with Crippen molar-refractivity contribution in [1.29, 1.82) is 0 Å². The molecule has 0 radical (unpaired) electrons. The number of rotatable bonds is 5. The zero-order chi connectivity index (χ0) is 16.8. The highest BCUT2D eigenvalue weighted by atomic mass is 127. The Labute approximate surface area is 153 Å². The van der Waals surface area contributed by atoms with Gasteiger partial charge in [0, 0.05) is 33.1 Å². The molecule has 0 aliphatic heterocycles. The predicted molar refractivity (Wildman–Crippen MR) is 101 cm³/mol. The SMILES string of the molecule is CNC(=O)C(=CNc1ccc(I)cc1)C(=O)c1cccc(Cl)c1. The molecule has 23 heavy (non-hydrogen) atoms. The van der Waals surface area contributed by atoms with Gasteiger partial charge in [0.2, 0.25) is 0 Å².